The average molecular weight is 549 g/mol. The van der Waals surface area contributed by atoms with Gasteiger partial charge in [-0.15, -0.1) is 31.7 Å². The average Bonchev–Trinajstić information content (AvgIpc) is 3.51. The van der Waals surface area contributed by atoms with E-state index in [1.165, 1.54) is 28.2 Å². The summed E-state index contributed by atoms with van der Waals surface area (Å²) in [6, 6.07) is 17.8. The van der Waals surface area contributed by atoms with Crippen LogP contribution in [-0.4, -0.2) is 51.1 Å². The molecule has 8 nitrogen and oxygen atoms in total. The summed E-state index contributed by atoms with van der Waals surface area (Å²) in [5.41, 5.74) is 3.18. The summed E-state index contributed by atoms with van der Waals surface area (Å²) in [6.07, 6.45) is 4.54. The van der Waals surface area contributed by atoms with Gasteiger partial charge in [-0.25, -0.2) is 0 Å². The number of carbonyl (C=O) groups excluding carboxylic acids is 2. The van der Waals surface area contributed by atoms with E-state index < -0.39 is 0 Å². The van der Waals surface area contributed by atoms with Gasteiger partial charge in [-0.3, -0.25) is 9.59 Å². The van der Waals surface area contributed by atoms with Crippen LogP contribution in [0.15, 0.2) is 54.6 Å². The number of Topliss-reactive ketones (excluding diaryl/α,β-unsaturated/α-hetero) is 1. The summed E-state index contributed by atoms with van der Waals surface area (Å²) in [5, 5.41) is 22.8. The maximum atomic E-state index is 12.5. The number of aryl methyl sites for hydroxylation is 2. The number of unbranched alkanes of at least 4 members (excludes halogenated alkanes) is 1. The minimum absolute atomic E-state index is 0.0935. The predicted octanol–water partition coefficient (Wildman–Crippen LogP) is 4.55. The Morgan fingerprint density at radius 1 is 0.737 bits per heavy atom. The van der Waals surface area contributed by atoms with Crippen molar-refractivity contribution in [3.63, 3.8) is 0 Å². The Morgan fingerprint density at radius 3 is 2.16 bits per heavy atom. The molecule has 0 bridgehead atoms. The van der Waals surface area contributed by atoms with Gasteiger partial charge in [-0.05, 0) is 43.6 Å². The molecule has 0 saturated carbocycles. The Hall–Kier alpha value is -3.34. The van der Waals surface area contributed by atoms with E-state index in [1.54, 1.807) is 0 Å². The predicted molar refractivity (Wildman–Crippen MR) is 151 cm³/mol. The molecule has 38 heavy (non-hydrogen) atoms. The van der Waals surface area contributed by atoms with E-state index in [0.29, 0.717) is 24.4 Å². The van der Waals surface area contributed by atoms with Crippen LogP contribution in [0.3, 0.4) is 0 Å². The first kappa shape index (κ1) is 27.7. The molecular weight excluding hydrogens is 516 g/mol. The summed E-state index contributed by atoms with van der Waals surface area (Å²) >= 11 is 2.93. The minimum atomic E-state index is -0.0935. The molecular formula is C28H32N6O2S2. The van der Waals surface area contributed by atoms with Gasteiger partial charge in [0, 0.05) is 25.8 Å². The molecule has 4 rings (SSSR count). The molecule has 0 fully saturated rings. The number of hydrogen-bond acceptors (Lipinski definition) is 9. The van der Waals surface area contributed by atoms with E-state index in [0.717, 1.165) is 58.4 Å². The number of anilines is 1. The molecule has 0 saturated heterocycles. The maximum absolute atomic E-state index is 12.5. The quantitative estimate of drug-likeness (QED) is 0.231. The molecule has 4 aromatic rings. The second kappa shape index (κ2) is 14.0. The zero-order valence-electron chi connectivity index (χ0n) is 21.7. The van der Waals surface area contributed by atoms with Crippen molar-refractivity contribution in [2.24, 2.45) is 0 Å². The van der Waals surface area contributed by atoms with Crippen molar-refractivity contribution in [2.45, 2.75) is 51.5 Å². The Morgan fingerprint density at radius 2 is 1.39 bits per heavy atom. The number of nitrogens with zero attached hydrogens (tertiary/aromatic N) is 5. The van der Waals surface area contributed by atoms with Crippen molar-refractivity contribution in [1.82, 2.24) is 25.3 Å². The highest BCUT2D eigenvalue weighted by atomic mass is 32.1. The first-order valence-electron chi connectivity index (χ1n) is 12.6. The molecule has 198 valence electrons. The summed E-state index contributed by atoms with van der Waals surface area (Å²) in [7, 11) is 4.05. The summed E-state index contributed by atoms with van der Waals surface area (Å²) < 4.78 is 0. The second-order valence-corrected chi connectivity index (χ2v) is 11.7. The molecule has 2 aromatic carbocycles. The van der Waals surface area contributed by atoms with Gasteiger partial charge in [-0.2, -0.15) is 0 Å². The minimum Gasteiger partial charge on any atom is -0.305 e. The normalized spacial score (nSPS) is 11.1. The zero-order chi connectivity index (χ0) is 26.7. The largest absolute Gasteiger partial charge is 0.305 e. The second-order valence-electron chi connectivity index (χ2n) is 9.46. The number of hydrogen-bond donors (Lipinski definition) is 1. The van der Waals surface area contributed by atoms with Crippen molar-refractivity contribution >= 4 is 39.5 Å². The van der Waals surface area contributed by atoms with E-state index in [2.05, 4.69) is 42.7 Å². The lowest BCUT2D eigenvalue weighted by molar-refractivity contribution is -0.118. The van der Waals surface area contributed by atoms with Crippen LogP contribution in [0.5, 0.6) is 0 Å². The fourth-order valence-electron chi connectivity index (χ4n) is 4.03. The van der Waals surface area contributed by atoms with Crippen LogP contribution in [0.25, 0.3) is 0 Å². The van der Waals surface area contributed by atoms with Crippen molar-refractivity contribution in [3.8, 4) is 0 Å². The zero-order valence-corrected chi connectivity index (χ0v) is 23.4. The Labute approximate surface area is 231 Å². The number of ketones is 1. The van der Waals surface area contributed by atoms with Gasteiger partial charge in [0.15, 0.2) is 0 Å². The molecule has 2 heterocycles. The van der Waals surface area contributed by atoms with Gasteiger partial charge in [0.1, 0.15) is 20.8 Å². The smallest absolute Gasteiger partial charge is 0.230 e. The molecule has 0 unspecified atom stereocenters. The molecule has 0 radical (unpaired) electrons. The molecule has 10 heteroatoms. The van der Waals surface area contributed by atoms with Gasteiger partial charge in [0.2, 0.25) is 11.0 Å². The molecule has 0 aliphatic rings. The number of carbonyl (C=O) groups is 2. The van der Waals surface area contributed by atoms with Gasteiger partial charge in [0.05, 0.1) is 12.8 Å². The van der Waals surface area contributed by atoms with Crippen LogP contribution in [0.4, 0.5) is 5.13 Å². The highest BCUT2D eigenvalue weighted by Gasteiger charge is 2.12. The third-order valence-corrected chi connectivity index (χ3v) is 7.58. The lowest BCUT2D eigenvalue weighted by atomic mass is 10.1. The van der Waals surface area contributed by atoms with Gasteiger partial charge >= 0.3 is 0 Å². The van der Waals surface area contributed by atoms with Crippen LogP contribution >= 0.6 is 22.7 Å². The first-order valence-corrected chi connectivity index (χ1v) is 14.3. The number of amides is 1. The summed E-state index contributed by atoms with van der Waals surface area (Å²) in [5.74, 6) is 0.0555. The van der Waals surface area contributed by atoms with Crippen LogP contribution in [0.2, 0.25) is 0 Å². The molecule has 0 aliphatic carbocycles. The Kier molecular flexibility index (Phi) is 10.2. The van der Waals surface area contributed by atoms with Crippen molar-refractivity contribution in [1.29, 1.82) is 0 Å². The summed E-state index contributed by atoms with van der Waals surface area (Å²) in [4.78, 5) is 26.9. The number of rotatable bonds is 14. The SMILES string of the molecule is CN(C)Cc1cccc(CC(=O)Nc2nnc(CCCCc3nnc(CC(=O)Cc4ccccc4)s3)s2)c1. The van der Waals surface area contributed by atoms with E-state index in [-0.39, 0.29) is 11.7 Å². The monoisotopic (exact) mass is 548 g/mol. The van der Waals surface area contributed by atoms with Crippen molar-refractivity contribution in [2.75, 3.05) is 19.4 Å². The van der Waals surface area contributed by atoms with Crippen molar-refractivity contribution < 1.29 is 9.59 Å². The van der Waals surface area contributed by atoms with Crippen LogP contribution < -0.4 is 5.32 Å². The van der Waals surface area contributed by atoms with Gasteiger partial charge < -0.3 is 10.2 Å². The van der Waals surface area contributed by atoms with E-state index in [4.69, 9.17) is 0 Å². The highest BCUT2D eigenvalue weighted by molar-refractivity contribution is 7.15. The Balaban J connectivity index is 1.15. The van der Waals surface area contributed by atoms with Crippen LogP contribution in [0, 0.1) is 0 Å². The topological polar surface area (TPSA) is 101 Å². The molecule has 0 aliphatic heterocycles. The van der Waals surface area contributed by atoms with Crippen LogP contribution in [-0.2, 0) is 48.2 Å². The number of benzene rings is 2. The lowest BCUT2D eigenvalue weighted by Gasteiger charge is -2.10. The molecule has 2 aromatic heterocycles. The van der Waals surface area contributed by atoms with E-state index in [1.807, 2.05) is 56.6 Å². The van der Waals surface area contributed by atoms with Gasteiger partial charge in [0.25, 0.3) is 0 Å². The highest BCUT2D eigenvalue weighted by Crippen LogP contribution is 2.19. The van der Waals surface area contributed by atoms with E-state index in [9.17, 15) is 9.59 Å². The molecule has 1 amide bonds. The van der Waals surface area contributed by atoms with E-state index >= 15 is 0 Å². The van der Waals surface area contributed by atoms with Crippen LogP contribution in [0.1, 0.15) is 44.6 Å². The van der Waals surface area contributed by atoms with Gasteiger partial charge in [-0.1, -0.05) is 65.9 Å². The fourth-order valence-corrected chi connectivity index (χ4v) is 5.74. The summed E-state index contributed by atoms with van der Waals surface area (Å²) in [6.45, 7) is 0.837. The number of nitrogens with one attached hydrogen (secondary N) is 1. The number of aromatic nitrogens is 4. The molecule has 0 spiro atoms. The fraction of sp³-hybridized carbons (Fsp3) is 0.357. The lowest BCUT2D eigenvalue weighted by Crippen LogP contribution is -2.15. The first-order chi connectivity index (χ1) is 18.4. The Bertz CT molecular complexity index is 1340. The molecule has 0 atom stereocenters. The molecule has 1 N–H and O–H groups in total. The third kappa shape index (κ3) is 9.20. The standard InChI is InChI=1S/C28H32N6O2S2/c1-34(2)19-22-12-8-11-21(15-22)17-24(36)29-28-33-31-26(38-28)14-7-6-13-25-30-32-27(37-25)18-23(35)16-20-9-4-3-5-10-20/h3-5,8-12,15H,6-7,13-14,16-19H2,1-2H3,(H,29,33,36). The van der Waals surface area contributed by atoms with Crippen molar-refractivity contribution in [3.05, 3.63) is 86.3 Å². The maximum Gasteiger partial charge on any atom is 0.230 e. The third-order valence-electron chi connectivity index (χ3n) is 5.70.